The van der Waals surface area contributed by atoms with Gasteiger partial charge >= 0.3 is 0 Å². The minimum absolute atomic E-state index is 0.0671. The molecule has 6 nitrogen and oxygen atoms in total. The Hall–Kier alpha value is -4.49. The molecule has 7 heteroatoms. The summed E-state index contributed by atoms with van der Waals surface area (Å²) in [5, 5.41) is 35.0. The van der Waals surface area contributed by atoms with E-state index >= 15 is 0 Å². The van der Waals surface area contributed by atoms with E-state index in [0.29, 0.717) is 52.7 Å². The molecular weight excluding hydrogens is 605 g/mol. The lowest BCUT2D eigenvalue weighted by molar-refractivity contribution is -0.114. The lowest BCUT2D eigenvalue weighted by Crippen LogP contribution is -2.64. The highest BCUT2D eigenvalue weighted by Gasteiger charge is 2.35. The molecule has 3 rings (SSSR count). The molecule has 0 aliphatic rings. The van der Waals surface area contributed by atoms with Crippen LogP contribution in [0.1, 0.15) is 96.8 Å². The van der Waals surface area contributed by atoms with Crippen LogP contribution in [0.25, 0.3) is 16.7 Å². The molecule has 0 radical (unpaired) electrons. The molecule has 0 atom stereocenters. The molecule has 0 spiro atoms. The molecule has 0 saturated carbocycles. The van der Waals surface area contributed by atoms with Crippen molar-refractivity contribution < 1.29 is 29.7 Å². The van der Waals surface area contributed by atoms with E-state index in [4.69, 9.17) is 0 Å². The van der Waals surface area contributed by atoms with Crippen molar-refractivity contribution in [2.75, 3.05) is 0 Å². The zero-order valence-corrected chi connectivity index (χ0v) is 29.7. The molecule has 0 aliphatic carbocycles. The van der Waals surface area contributed by atoms with E-state index in [2.05, 4.69) is 6.55 Å². The second kappa shape index (κ2) is 16.4. The Morgan fingerprint density at radius 1 is 0.426 bits per heavy atom. The van der Waals surface area contributed by atoms with Crippen LogP contribution in [0.5, 0.6) is 0 Å². The van der Waals surface area contributed by atoms with E-state index in [0.717, 1.165) is 15.6 Å². The largest absolute Gasteiger partial charge is 0.512 e. The third-order valence-corrected chi connectivity index (χ3v) is 13.4. The van der Waals surface area contributed by atoms with E-state index in [1.165, 1.54) is 0 Å². The van der Waals surface area contributed by atoms with Gasteiger partial charge in [-0.25, -0.2) is 0 Å². The predicted molar refractivity (Wildman–Crippen MR) is 195 cm³/mol. The molecule has 0 aromatic heterocycles. The van der Waals surface area contributed by atoms with E-state index in [1.54, 1.807) is 20.8 Å². The fourth-order valence-electron chi connectivity index (χ4n) is 5.94. The zero-order valence-electron chi connectivity index (χ0n) is 28.7. The summed E-state index contributed by atoms with van der Waals surface area (Å²) in [7, 11) is -2.75. The van der Waals surface area contributed by atoms with Gasteiger partial charge in [0.25, 0.3) is 0 Å². The summed E-state index contributed by atoms with van der Waals surface area (Å²) in [4.78, 5) is 38.4. The Morgan fingerprint density at radius 3 is 0.809 bits per heavy atom. The summed E-state index contributed by atoms with van der Waals surface area (Å²) in [5.41, 5.74) is 2.99. The molecule has 3 aromatic carbocycles. The molecule has 0 amide bonds. The van der Waals surface area contributed by atoms with Gasteiger partial charge in [0, 0.05) is 38.5 Å². The van der Waals surface area contributed by atoms with E-state index < -0.39 is 8.07 Å². The van der Waals surface area contributed by atoms with Gasteiger partial charge in [-0.1, -0.05) is 121 Å². The van der Waals surface area contributed by atoms with Gasteiger partial charge in [0.1, 0.15) is 25.4 Å². The Labute approximate surface area is 280 Å². The highest BCUT2D eigenvalue weighted by Crippen LogP contribution is 2.25. The molecule has 0 aliphatic heterocycles. The second-order valence-electron chi connectivity index (χ2n) is 11.7. The minimum Gasteiger partial charge on any atom is -0.512 e. The lowest BCUT2D eigenvalue weighted by Gasteiger charge is -2.30. The molecule has 0 unspecified atom stereocenters. The monoisotopic (exact) mass is 652 g/mol. The van der Waals surface area contributed by atoms with Gasteiger partial charge in [-0.05, 0) is 32.3 Å². The number of aliphatic hydroxyl groups is 3. The van der Waals surface area contributed by atoms with Gasteiger partial charge in [0.2, 0.25) is 0 Å². The van der Waals surface area contributed by atoms with Gasteiger partial charge in [-0.2, -0.15) is 0 Å². The van der Waals surface area contributed by atoms with Crippen LogP contribution in [-0.4, -0.2) is 40.7 Å². The predicted octanol–water partition coefficient (Wildman–Crippen LogP) is 7.76. The number of rotatable bonds is 15. The van der Waals surface area contributed by atoms with Crippen LogP contribution in [0.2, 0.25) is 6.55 Å². The van der Waals surface area contributed by atoms with Crippen LogP contribution >= 0.6 is 0 Å². The Bertz CT molecular complexity index is 1490. The smallest absolute Gasteiger partial charge is 0.166 e. The quantitative estimate of drug-likeness (QED) is 0.0670. The van der Waals surface area contributed by atoms with Gasteiger partial charge in [0.15, 0.2) is 17.3 Å². The van der Waals surface area contributed by atoms with Crippen LogP contribution in [0.15, 0.2) is 90.1 Å². The Morgan fingerprint density at radius 2 is 0.638 bits per heavy atom. The van der Waals surface area contributed by atoms with E-state index in [9.17, 15) is 29.7 Å². The molecule has 0 saturated heterocycles. The molecular formula is C40H48O6Si. The van der Waals surface area contributed by atoms with Crippen molar-refractivity contribution in [2.45, 2.75) is 86.6 Å². The first-order valence-electron chi connectivity index (χ1n) is 16.6. The Kier molecular flexibility index (Phi) is 12.9. The number of carbonyl (C=O) groups excluding carboxylic acids is 3. The van der Waals surface area contributed by atoms with Crippen LogP contribution in [0.3, 0.4) is 0 Å². The molecule has 0 fully saturated rings. The minimum atomic E-state index is -2.75. The van der Waals surface area contributed by atoms with Crippen molar-refractivity contribution in [1.29, 1.82) is 0 Å². The van der Waals surface area contributed by atoms with Crippen molar-refractivity contribution in [3.63, 3.8) is 0 Å². The molecule has 3 aromatic rings. The topological polar surface area (TPSA) is 112 Å². The SMILES string of the molecule is CCC(=O)/C(=C(/O)CC)c1ccc([Si](C)(c2ccc(/C(C(=O)CC)=C(\O)CC)cc2)c2ccc(/C(C(=O)CC)=C(\O)CC)cc2)cc1. The Balaban J connectivity index is 2.27. The van der Waals surface area contributed by atoms with Crippen LogP contribution < -0.4 is 15.6 Å². The van der Waals surface area contributed by atoms with Crippen molar-refractivity contribution >= 4 is 57.7 Å². The number of carbonyl (C=O) groups is 3. The fraction of sp³-hybridized carbons (Fsp3) is 0.325. The number of hydrogen-bond donors (Lipinski definition) is 3. The summed E-state index contributed by atoms with van der Waals surface area (Å²) >= 11 is 0. The number of benzene rings is 3. The van der Waals surface area contributed by atoms with Gasteiger partial charge in [-0.15, -0.1) is 0 Å². The summed E-state index contributed by atoms with van der Waals surface area (Å²) in [6.07, 6.45) is 1.89. The number of aliphatic hydroxyl groups excluding tert-OH is 3. The van der Waals surface area contributed by atoms with Crippen LogP contribution in [-0.2, 0) is 14.4 Å². The number of ketones is 3. The number of allylic oxidation sites excluding steroid dienone is 6. The first-order chi connectivity index (χ1) is 22.4. The van der Waals surface area contributed by atoms with Gasteiger partial charge in [0.05, 0.1) is 16.7 Å². The maximum atomic E-state index is 12.8. The third kappa shape index (κ3) is 7.74. The summed E-state index contributed by atoms with van der Waals surface area (Å²) in [5.74, 6) is -0.160. The normalized spacial score (nSPS) is 13.3. The highest BCUT2D eigenvalue weighted by molar-refractivity contribution is 7.10. The number of Topliss-reactive ketones (excluding diaryl/α,β-unsaturated/α-hetero) is 3. The molecule has 47 heavy (non-hydrogen) atoms. The fourth-order valence-corrected chi connectivity index (χ4v) is 9.44. The van der Waals surface area contributed by atoms with E-state index in [1.807, 2.05) is 93.6 Å². The molecule has 248 valence electrons. The van der Waals surface area contributed by atoms with Crippen molar-refractivity contribution in [3.05, 3.63) is 107 Å². The zero-order chi connectivity index (χ0) is 34.9. The van der Waals surface area contributed by atoms with Crippen LogP contribution in [0, 0.1) is 0 Å². The summed E-state index contributed by atoms with van der Waals surface area (Å²) < 4.78 is 0. The van der Waals surface area contributed by atoms with Crippen molar-refractivity contribution in [2.24, 2.45) is 0 Å². The summed E-state index contributed by atoms with van der Waals surface area (Å²) in [6, 6.07) is 23.4. The van der Waals surface area contributed by atoms with Gasteiger partial charge < -0.3 is 15.3 Å². The average molecular weight is 653 g/mol. The third-order valence-electron chi connectivity index (χ3n) is 8.92. The van der Waals surface area contributed by atoms with Crippen molar-refractivity contribution in [3.8, 4) is 0 Å². The number of hydrogen-bond acceptors (Lipinski definition) is 6. The first-order valence-corrected chi connectivity index (χ1v) is 19.1. The lowest BCUT2D eigenvalue weighted by atomic mass is 9.98. The summed E-state index contributed by atoms with van der Waals surface area (Å²) in [6.45, 7) is 13.0. The maximum absolute atomic E-state index is 12.8. The molecule has 3 N–H and O–H groups in total. The van der Waals surface area contributed by atoms with Gasteiger partial charge in [-0.3, -0.25) is 14.4 Å². The van der Waals surface area contributed by atoms with E-state index in [-0.39, 0.29) is 53.9 Å². The maximum Gasteiger partial charge on any atom is 0.166 e. The highest BCUT2D eigenvalue weighted by atomic mass is 28.3. The standard InChI is InChI=1S/C40H48O6Si/c1-8-32(41)38(33(42)9-2)26-14-20-29(21-15-26)47(7,30-22-16-27(17-23-30)39(34(43)10-3)35(44)11-4)31-24-18-28(19-25-31)40(36(45)12-5)37(46)13-6/h14-25,41,43,45H,8-13H2,1-7H3/b38-32+,39-34+,40-36+. The second-order valence-corrected chi connectivity index (χ2v) is 15.7. The molecule has 0 bridgehead atoms. The molecule has 0 heterocycles. The average Bonchev–Trinajstić information content (AvgIpc) is 3.11. The van der Waals surface area contributed by atoms with Crippen molar-refractivity contribution in [1.82, 2.24) is 0 Å². The first kappa shape index (κ1) is 37.0. The van der Waals surface area contributed by atoms with Crippen LogP contribution in [0.4, 0.5) is 0 Å².